The normalized spacial score (nSPS) is 10.3. The van der Waals surface area contributed by atoms with Gasteiger partial charge in [0.25, 0.3) is 0 Å². The minimum absolute atomic E-state index is 0.0214. The van der Waals surface area contributed by atoms with Crippen LogP contribution in [0.1, 0.15) is 31.8 Å². The zero-order chi connectivity index (χ0) is 24.7. The van der Waals surface area contributed by atoms with Crippen LogP contribution in [0.5, 0.6) is 23.0 Å². The summed E-state index contributed by atoms with van der Waals surface area (Å²) >= 11 is 6.22. The van der Waals surface area contributed by atoms with Crippen molar-refractivity contribution in [1.82, 2.24) is 0 Å². The summed E-state index contributed by atoms with van der Waals surface area (Å²) < 4.78 is 26.9. The van der Waals surface area contributed by atoms with Crippen molar-refractivity contribution < 1.29 is 38.3 Å². The van der Waals surface area contributed by atoms with Gasteiger partial charge in [0.2, 0.25) is 0 Å². The predicted octanol–water partition coefficient (Wildman–Crippen LogP) is 3.92. The number of methoxy groups -OCH3 is 2. The van der Waals surface area contributed by atoms with E-state index in [1.165, 1.54) is 6.07 Å². The Labute approximate surface area is 202 Å². The summed E-state index contributed by atoms with van der Waals surface area (Å²) in [6.07, 6.45) is 0. The highest BCUT2D eigenvalue weighted by molar-refractivity contribution is 6.35. The molecular formula is C24H22BClO8. The molecule has 34 heavy (non-hydrogen) atoms. The molecule has 0 fully saturated rings. The van der Waals surface area contributed by atoms with Gasteiger partial charge in [-0.15, -0.1) is 0 Å². The van der Waals surface area contributed by atoms with Crippen LogP contribution >= 0.6 is 11.6 Å². The Morgan fingerprint density at radius 1 is 0.853 bits per heavy atom. The maximum Gasteiger partial charge on any atom is 0.338 e. The summed E-state index contributed by atoms with van der Waals surface area (Å²) in [6, 6.07) is 15.6. The molecule has 0 aliphatic rings. The smallest absolute Gasteiger partial charge is 0.338 e. The second kappa shape index (κ2) is 11.3. The molecule has 3 aromatic rings. The van der Waals surface area contributed by atoms with E-state index in [1.54, 1.807) is 50.6 Å². The molecule has 0 heterocycles. The number of rotatable bonds is 10. The maximum absolute atomic E-state index is 12.6. The molecule has 0 amide bonds. The average Bonchev–Trinajstić information content (AvgIpc) is 2.86. The van der Waals surface area contributed by atoms with Gasteiger partial charge in [-0.05, 0) is 35.4 Å². The molecule has 0 saturated carbocycles. The summed E-state index contributed by atoms with van der Waals surface area (Å²) in [5, 5.41) is 9.51. The molecule has 1 N–H and O–H groups in total. The molecule has 0 bridgehead atoms. The van der Waals surface area contributed by atoms with E-state index < -0.39 is 17.5 Å². The van der Waals surface area contributed by atoms with Crippen molar-refractivity contribution in [2.45, 2.75) is 13.2 Å². The summed E-state index contributed by atoms with van der Waals surface area (Å²) in [5.74, 6) is -0.950. The maximum atomic E-state index is 12.6. The number of hydrogen-bond acceptors (Lipinski definition) is 7. The van der Waals surface area contributed by atoms with Crippen molar-refractivity contribution in [2.75, 3.05) is 14.2 Å². The first kappa shape index (κ1) is 24.8. The fourth-order valence-electron chi connectivity index (χ4n) is 3.13. The van der Waals surface area contributed by atoms with Gasteiger partial charge < -0.3 is 28.7 Å². The van der Waals surface area contributed by atoms with Crippen LogP contribution in [0.4, 0.5) is 0 Å². The lowest BCUT2D eigenvalue weighted by Crippen LogP contribution is -2.15. The molecule has 0 radical (unpaired) electrons. The molecule has 0 unspecified atom stereocenters. The Bertz CT molecular complexity index is 1160. The average molecular weight is 485 g/mol. The van der Waals surface area contributed by atoms with Crippen LogP contribution in [0, 0.1) is 0 Å². The number of ether oxygens (including phenoxy) is 4. The van der Waals surface area contributed by atoms with E-state index in [-0.39, 0.29) is 35.3 Å². The van der Waals surface area contributed by atoms with Crippen molar-refractivity contribution in [2.24, 2.45) is 0 Å². The van der Waals surface area contributed by atoms with Gasteiger partial charge in [0, 0.05) is 6.07 Å². The summed E-state index contributed by atoms with van der Waals surface area (Å²) in [6.45, 7) is 0.125. The molecule has 3 aromatic carbocycles. The van der Waals surface area contributed by atoms with E-state index in [0.29, 0.717) is 11.5 Å². The molecule has 0 spiro atoms. The van der Waals surface area contributed by atoms with Gasteiger partial charge in [-0.2, -0.15) is 0 Å². The summed E-state index contributed by atoms with van der Waals surface area (Å²) in [7, 11) is 4.26. The zero-order valence-electron chi connectivity index (χ0n) is 18.8. The van der Waals surface area contributed by atoms with Gasteiger partial charge >= 0.3 is 20.0 Å². The van der Waals surface area contributed by atoms with Crippen LogP contribution in [0.3, 0.4) is 0 Å². The SMILES string of the molecule is BOC(=O)c1c(OCc2ccc(OC)cc2)c(OCc2ccc(OC)cc2)cc(Cl)c1C(=O)O. The second-order valence-corrected chi connectivity index (χ2v) is 7.41. The van der Waals surface area contributed by atoms with Crippen molar-refractivity contribution in [1.29, 1.82) is 0 Å². The van der Waals surface area contributed by atoms with Crippen molar-refractivity contribution in [3.63, 3.8) is 0 Å². The van der Waals surface area contributed by atoms with Crippen molar-refractivity contribution in [3.8, 4) is 23.0 Å². The number of carboxylic acid groups (broad SMARTS) is 1. The number of aromatic carboxylic acids is 1. The molecule has 8 nitrogen and oxygen atoms in total. The van der Waals surface area contributed by atoms with Gasteiger partial charge in [0.05, 0.1) is 24.8 Å². The number of hydrogen-bond donors (Lipinski definition) is 1. The van der Waals surface area contributed by atoms with Crippen molar-refractivity contribution in [3.05, 3.63) is 81.9 Å². The van der Waals surface area contributed by atoms with Crippen molar-refractivity contribution >= 4 is 31.6 Å². The highest BCUT2D eigenvalue weighted by Gasteiger charge is 2.29. The predicted molar refractivity (Wildman–Crippen MR) is 127 cm³/mol. The third kappa shape index (κ3) is 5.74. The fraction of sp³-hybridized carbons (Fsp3) is 0.167. The van der Waals surface area contributed by atoms with Crippen LogP contribution in [-0.4, -0.2) is 39.3 Å². The first-order chi connectivity index (χ1) is 16.4. The highest BCUT2D eigenvalue weighted by atomic mass is 35.5. The van der Waals surface area contributed by atoms with Crippen LogP contribution in [-0.2, 0) is 17.9 Å². The standard InChI is InChI=1S/C24H22BClO8/c1-30-16-7-3-14(4-8-16)12-32-19-11-18(26)20(23(27)28)21(24(29)34-25)22(19)33-13-15-5-9-17(31-2)10-6-15/h3-11H,12-13,25H2,1-2H3,(H,27,28). The minimum Gasteiger partial charge on any atom is -0.540 e. The molecule has 3 rings (SSSR count). The Balaban J connectivity index is 1.99. The molecule has 0 atom stereocenters. The van der Waals surface area contributed by atoms with Crippen LogP contribution in [0.2, 0.25) is 5.02 Å². The molecule has 0 aromatic heterocycles. The van der Waals surface area contributed by atoms with E-state index in [0.717, 1.165) is 19.2 Å². The number of carbonyl (C=O) groups excluding carboxylic acids is 1. The Kier molecular flexibility index (Phi) is 8.26. The monoisotopic (exact) mass is 484 g/mol. The quantitative estimate of drug-likeness (QED) is 0.432. The Morgan fingerprint density at radius 2 is 1.35 bits per heavy atom. The third-order valence-electron chi connectivity index (χ3n) is 4.90. The topological polar surface area (TPSA) is 101 Å². The van der Waals surface area contributed by atoms with E-state index >= 15 is 0 Å². The summed E-state index contributed by atoms with van der Waals surface area (Å²) in [5.41, 5.74) is 0.792. The lowest BCUT2D eigenvalue weighted by molar-refractivity contribution is 0.0668. The largest absolute Gasteiger partial charge is 0.540 e. The lowest BCUT2D eigenvalue weighted by atomic mass is 10.0. The molecule has 0 aliphatic heterocycles. The van der Waals surface area contributed by atoms with Gasteiger partial charge in [-0.3, -0.25) is 0 Å². The van der Waals surface area contributed by atoms with Gasteiger partial charge in [0.15, 0.2) is 11.5 Å². The fourth-order valence-corrected chi connectivity index (χ4v) is 3.40. The van der Waals surface area contributed by atoms with E-state index in [1.807, 2.05) is 12.1 Å². The van der Waals surface area contributed by atoms with E-state index in [4.69, 9.17) is 35.2 Å². The minimum atomic E-state index is -1.40. The van der Waals surface area contributed by atoms with Crippen LogP contribution in [0.15, 0.2) is 54.6 Å². The van der Waals surface area contributed by atoms with Gasteiger partial charge in [-0.1, -0.05) is 35.9 Å². The molecule has 176 valence electrons. The van der Waals surface area contributed by atoms with Crippen LogP contribution < -0.4 is 18.9 Å². The second-order valence-electron chi connectivity index (χ2n) is 7.01. The number of halogens is 1. The van der Waals surface area contributed by atoms with Gasteiger partial charge in [0.1, 0.15) is 30.3 Å². The highest BCUT2D eigenvalue weighted by Crippen LogP contribution is 2.40. The van der Waals surface area contributed by atoms with Crippen LogP contribution in [0.25, 0.3) is 0 Å². The number of carbonyl (C=O) groups is 2. The molecular weight excluding hydrogens is 463 g/mol. The molecule has 10 heteroatoms. The Hall–Kier alpha value is -3.85. The first-order valence-electron chi connectivity index (χ1n) is 10.1. The Morgan fingerprint density at radius 3 is 1.79 bits per heavy atom. The molecule has 0 aliphatic carbocycles. The first-order valence-corrected chi connectivity index (χ1v) is 10.4. The summed E-state index contributed by atoms with van der Waals surface area (Å²) in [4.78, 5) is 24.5. The van der Waals surface area contributed by atoms with E-state index in [2.05, 4.69) is 0 Å². The zero-order valence-corrected chi connectivity index (χ0v) is 19.5. The third-order valence-corrected chi connectivity index (χ3v) is 5.19. The lowest BCUT2D eigenvalue weighted by Gasteiger charge is -2.19. The number of benzene rings is 3. The van der Waals surface area contributed by atoms with Gasteiger partial charge in [-0.25, -0.2) is 9.59 Å². The molecule has 0 saturated heterocycles. The number of carboxylic acids is 1. The van der Waals surface area contributed by atoms with E-state index in [9.17, 15) is 14.7 Å².